The fourth-order valence-corrected chi connectivity index (χ4v) is 1.84. The molecule has 0 aromatic heterocycles. The van der Waals surface area contributed by atoms with Gasteiger partial charge in [0, 0.05) is 13.1 Å². The fourth-order valence-electron chi connectivity index (χ4n) is 1.84. The van der Waals surface area contributed by atoms with E-state index in [4.69, 9.17) is 5.73 Å². The molecule has 3 heteroatoms. The highest BCUT2D eigenvalue weighted by Gasteiger charge is 2.39. The number of hydrogen-bond donors (Lipinski definition) is 1. The molecule has 1 amide bonds. The van der Waals surface area contributed by atoms with Gasteiger partial charge in [0.1, 0.15) is 0 Å². The Morgan fingerprint density at radius 3 is 2.42 bits per heavy atom. The van der Waals surface area contributed by atoms with E-state index < -0.39 is 0 Å². The molecule has 1 aliphatic rings. The van der Waals surface area contributed by atoms with Crippen LogP contribution in [-0.2, 0) is 4.79 Å². The number of nitrogens with two attached hydrogens (primary N) is 1. The van der Waals surface area contributed by atoms with Gasteiger partial charge in [0.15, 0.2) is 0 Å². The third kappa shape index (κ3) is 1.78. The molecule has 0 unspecified atom stereocenters. The van der Waals surface area contributed by atoms with Crippen molar-refractivity contribution in [3.8, 4) is 0 Å². The summed E-state index contributed by atoms with van der Waals surface area (Å²) in [4.78, 5) is 12.9. The Labute approximate surface area is 73.9 Å². The molecule has 70 valence electrons. The summed E-state index contributed by atoms with van der Waals surface area (Å²) in [6.07, 6.45) is 2.21. The summed E-state index contributed by atoms with van der Waals surface area (Å²) < 4.78 is 0. The molecule has 0 atom stereocenters. The molecule has 12 heavy (non-hydrogen) atoms. The zero-order valence-corrected chi connectivity index (χ0v) is 8.13. The Balaban J connectivity index is 2.38. The maximum Gasteiger partial charge on any atom is 0.236 e. The van der Waals surface area contributed by atoms with Gasteiger partial charge < -0.3 is 10.6 Å². The van der Waals surface area contributed by atoms with Crippen molar-refractivity contribution in [2.75, 3.05) is 13.6 Å². The lowest BCUT2D eigenvalue weighted by atomic mass is 9.68. The quantitative estimate of drug-likeness (QED) is 0.659. The van der Waals surface area contributed by atoms with Gasteiger partial charge in [0.2, 0.25) is 5.91 Å². The summed E-state index contributed by atoms with van der Waals surface area (Å²) in [6.45, 7) is 4.59. The zero-order valence-electron chi connectivity index (χ0n) is 8.13. The summed E-state index contributed by atoms with van der Waals surface area (Å²) >= 11 is 0. The Bertz CT molecular complexity index is 181. The van der Waals surface area contributed by atoms with Crippen LogP contribution in [-0.4, -0.2) is 30.4 Å². The second-order valence-corrected chi connectivity index (χ2v) is 4.44. The average molecular weight is 170 g/mol. The monoisotopic (exact) mass is 170 g/mol. The van der Waals surface area contributed by atoms with Crippen molar-refractivity contribution < 1.29 is 4.79 Å². The Hall–Kier alpha value is -0.570. The largest absolute Gasteiger partial charge is 0.342 e. The normalized spacial score (nSPS) is 21.7. The van der Waals surface area contributed by atoms with Gasteiger partial charge in [0.25, 0.3) is 0 Å². The molecule has 2 N–H and O–H groups in total. The second-order valence-electron chi connectivity index (χ2n) is 4.44. The van der Waals surface area contributed by atoms with Crippen molar-refractivity contribution >= 4 is 5.91 Å². The molecule has 3 nitrogen and oxygen atoms in total. The molecule has 0 saturated heterocycles. The van der Waals surface area contributed by atoms with E-state index in [2.05, 4.69) is 13.8 Å². The Morgan fingerprint density at radius 1 is 1.58 bits per heavy atom. The van der Waals surface area contributed by atoms with Crippen LogP contribution in [0.25, 0.3) is 0 Å². The second kappa shape index (κ2) is 3.05. The SMILES string of the molecule is CN(C(=O)CN)C1CC(C)(C)C1. The van der Waals surface area contributed by atoms with E-state index in [1.165, 1.54) is 0 Å². The number of amides is 1. The first kappa shape index (κ1) is 9.52. The van der Waals surface area contributed by atoms with Crippen molar-refractivity contribution in [1.29, 1.82) is 0 Å². The van der Waals surface area contributed by atoms with Crippen LogP contribution in [0.5, 0.6) is 0 Å². The zero-order chi connectivity index (χ0) is 9.35. The van der Waals surface area contributed by atoms with Crippen LogP contribution in [0.15, 0.2) is 0 Å². The van der Waals surface area contributed by atoms with E-state index in [0.717, 1.165) is 12.8 Å². The first-order valence-corrected chi connectivity index (χ1v) is 4.42. The van der Waals surface area contributed by atoms with Crippen LogP contribution in [0.3, 0.4) is 0 Å². The molecule has 0 aliphatic heterocycles. The topological polar surface area (TPSA) is 46.3 Å². The number of carbonyl (C=O) groups excluding carboxylic acids is 1. The number of likely N-dealkylation sites (N-methyl/N-ethyl adjacent to an activating group) is 1. The van der Waals surface area contributed by atoms with E-state index in [1.54, 1.807) is 4.90 Å². The van der Waals surface area contributed by atoms with Gasteiger partial charge in [-0.05, 0) is 18.3 Å². The maximum absolute atomic E-state index is 11.2. The minimum atomic E-state index is 0.0514. The molecular weight excluding hydrogens is 152 g/mol. The van der Waals surface area contributed by atoms with Crippen molar-refractivity contribution in [2.24, 2.45) is 11.1 Å². The van der Waals surface area contributed by atoms with Crippen LogP contribution < -0.4 is 5.73 Å². The summed E-state index contributed by atoms with van der Waals surface area (Å²) in [5.74, 6) is 0.0514. The number of hydrogen-bond acceptors (Lipinski definition) is 2. The lowest BCUT2D eigenvalue weighted by Gasteiger charge is -2.46. The minimum absolute atomic E-state index is 0.0514. The van der Waals surface area contributed by atoms with Crippen LogP contribution in [0.2, 0.25) is 0 Å². The van der Waals surface area contributed by atoms with E-state index in [-0.39, 0.29) is 12.5 Å². The molecule has 1 rings (SSSR count). The predicted octanol–water partition coefficient (Wildman–Crippen LogP) is 0.592. The molecule has 1 fully saturated rings. The molecule has 0 radical (unpaired) electrons. The van der Waals surface area contributed by atoms with E-state index in [0.29, 0.717) is 11.5 Å². The summed E-state index contributed by atoms with van der Waals surface area (Å²) in [7, 11) is 1.84. The summed E-state index contributed by atoms with van der Waals surface area (Å²) in [5.41, 5.74) is 5.69. The van der Waals surface area contributed by atoms with Crippen molar-refractivity contribution in [2.45, 2.75) is 32.7 Å². The lowest BCUT2D eigenvalue weighted by Crippen LogP contribution is -2.50. The van der Waals surface area contributed by atoms with Gasteiger partial charge in [-0.2, -0.15) is 0 Å². The molecule has 0 aromatic rings. The maximum atomic E-state index is 11.2. The number of rotatable bonds is 2. The van der Waals surface area contributed by atoms with Crippen LogP contribution in [0.1, 0.15) is 26.7 Å². The number of carbonyl (C=O) groups is 1. The predicted molar refractivity (Wildman–Crippen MR) is 48.6 cm³/mol. The van der Waals surface area contributed by atoms with Crippen LogP contribution in [0, 0.1) is 5.41 Å². The first-order valence-electron chi connectivity index (χ1n) is 4.42. The van der Waals surface area contributed by atoms with E-state index in [1.807, 2.05) is 7.05 Å². The molecule has 0 bridgehead atoms. The smallest absolute Gasteiger partial charge is 0.236 e. The molecule has 1 saturated carbocycles. The van der Waals surface area contributed by atoms with Crippen molar-refractivity contribution in [1.82, 2.24) is 4.90 Å². The van der Waals surface area contributed by atoms with Gasteiger partial charge in [-0.3, -0.25) is 4.79 Å². The van der Waals surface area contributed by atoms with Crippen molar-refractivity contribution in [3.63, 3.8) is 0 Å². The van der Waals surface area contributed by atoms with E-state index >= 15 is 0 Å². The van der Waals surface area contributed by atoms with Crippen molar-refractivity contribution in [3.05, 3.63) is 0 Å². The Kier molecular flexibility index (Phi) is 2.42. The van der Waals surface area contributed by atoms with Gasteiger partial charge >= 0.3 is 0 Å². The molecule has 0 heterocycles. The fraction of sp³-hybridized carbons (Fsp3) is 0.889. The van der Waals surface area contributed by atoms with Gasteiger partial charge in [0.05, 0.1) is 6.54 Å². The summed E-state index contributed by atoms with van der Waals surface area (Å²) in [5, 5.41) is 0. The molecular formula is C9H18N2O. The third-order valence-electron chi connectivity index (χ3n) is 2.69. The first-order chi connectivity index (χ1) is 5.46. The minimum Gasteiger partial charge on any atom is -0.342 e. The van der Waals surface area contributed by atoms with Gasteiger partial charge in [-0.25, -0.2) is 0 Å². The van der Waals surface area contributed by atoms with E-state index in [9.17, 15) is 4.79 Å². The standard InChI is InChI=1S/C9H18N2O/c1-9(2)4-7(5-9)11(3)8(12)6-10/h7H,4-6,10H2,1-3H3. The van der Waals surface area contributed by atoms with Gasteiger partial charge in [-0.1, -0.05) is 13.8 Å². The highest BCUT2D eigenvalue weighted by molar-refractivity contribution is 5.78. The lowest BCUT2D eigenvalue weighted by molar-refractivity contribution is -0.134. The van der Waals surface area contributed by atoms with Crippen LogP contribution in [0.4, 0.5) is 0 Å². The average Bonchev–Trinajstić information content (AvgIpc) is 1.97. The number of nitrogens with zero attached hydrogens (tertiary/aromatic N) is 1. The highest BCUT2D eigenvalue weighted by Crippen LogP contribution is 2.42. The molecule has 0 aromatic carbocycles. The molecule has 0 spiro atoms. The third-order valence-corrected chi connectivity index (χ3v) is 2.69. The van der Waals surface area contributed by atoms with Crippen LogP contribution >= 0.6 is 0 Å². The highest BCUT2D eigenvalue weighted by atomic mass is 16.2. The summed E-state index contributed by atoms with van der Waals surface area (Å²) in [6, 6.07) is 0.427. The Morgan fingerprint density at radius 2 is 2.08 bits per heavy atom. The van der Waals surface area contributed by atoms with Gasteiger partial charge in [-0.15, -0.1) is 0 Å². The molecule has 1 aliphatic carbocycles.